The molecule has 80 valence electrons. The van der Waals surface area contributed by atoms with Crippen molar-refractivity contribution in [3.05, 3.63) is 33.6 Å². The number of hydrogen-bond acceptors (Lipinski definition) is 1. The van der Waals surface area contributed by atoms with Crippen molar-refractivity contribution in [1.82, 2.24) is 0 Å². The van der Waals surface area contributed by atoms with Gasteiger partial charge in [0.25, 0.3) is 0 Å². The fourth-order valence-corrected chi connectivity index (χ4v) is 3.05. The van der Waals surface area contributed by atoms with Crippen molar-refractivity contribution in [1.29, 1.82) is 0 Å². The first kappa shape index (κ1) is 11.0. The summed E-state index contributed by atoms with van der Waals surface area (Å²) in [6.07, 6.45) is -5.00. The van der Waals surface area contributed by atoms with Crippen LogP contribution in [0.5, 0.6) is 0 Å². The monoisotopic (exact) mass is 294 g/mol. The van der Waals surface area contributed by atoms with E-state index < -0.39 is 12.6 Å². The van der Waals surface area contributed by atoms with Crippen LogP contribution in [0.25, 0.3) is 10.1 Å². The van der Waals surface area contributed by atoms with Crippen molar-refractivity contribution in [3.8, 4) is 0 Å². The molecule has 0 spiro atoms. The molecular weight excluding hydrogens is 289 g/mol. The van der Waals surface area contributed by atoms with Crippen LogP contribution in [0.15, 0.2) is 28.1 Å². The van der Waals surface area contributed by atoms with E-state index >= 15 is 0 Å². The maximum atomic E-state index is 12.2. The molecule has 0 bridgehead atoms. The smallest absolute Gasteiger partial charge is 0.171 e. The molecule has 0 saturated heterocycles. The summed E-state index contributed by atoms with van der Waals surface area (Å²) in [6.45, 7) is 0. The van der Waals surface area contributed by atoms with Crippen LogP contribution in [0.3, 0.4) is 0 Å². The molecule has 0 amide bonds. The average Bonchev–Trinajstić information content (AvgIpc) is 2.48. The van der Waals surface area contributed by atoms with Gasteiger partial charge in [-0.2, -0.15) is 13.2 Å². The van der Waals surface area contributed by atoms with Gasteiger partial charge < -0.3 is 0 Å². The van der Waals surface area contributed by atoms with Gasteiger partial charge in [0.15, 0.2) is 0 Å². The van der Waals surface area contributed by atoms with Crippen LogP contribution < -0.4 is 0 Å². The van der Waals surface area contributed by atoms with Gasteiger partial charge in [0.2, 0.25) is 0 Å². The van der Waals surface area contributed by atoms with Gasteiger partial charge in [-0.25, -0.2) is 0 Å². The maximum Gasteiger partial charge on any atom is 0.393 e. The Hall–Kier alpha value is -0.550. The van der Waals surface area contributed by atoms with Gasteiger partial charge in [-0.1, -0.05) is 12.1 Å². The molecule has 1 aromatic heterocycles. The molecule has 5 heteroatoms. The molecule has 2 rings (SSSR count). The van der Waals surface area contributed by atoms with Crippen LogP contribution in [0.1, 0.15) is 5.56 Å². The molecule has 0 atom stereocenters. The van der Waals surface area contributed by atoms with Crippen molar-refractivity contribution >= 4 is 37.4 Å². The van der Waals surface area contributed by atoms with Gasteiger partial charge in [-0.3, -0.25) is 0 Å². The summed E-state index contributed by atoms with van der Waals surface area (Å²) in [5, 5.41) is 2.26. The van der Waals surface area contributed by atoms with Gasteiger partial charge >= 0.3 is 6.18 Å². The molecule has 0 nitrogen and oxygen atoms in total. The lowest BCUT2D eigenvalue weighted by Gasteiger charge is -2.04. The first-order chi connectivity index (χ1) is 6.97. The van der Waals surface area contributed by atoms with Gasteiger partial charge in [-0.05, 0) is 38.3 Å². The molecule has 0 aliphatic rings. The predicted molar refractivity (Wildman–Crippen MR) is 59.3 cm³/mol. The third kappa shape index (κ3) is 2.34. The molecule has 0 radical (unpaired) electrons. The van der Waals surface area contributed by atoms with E-state index in [2.05, 4.69) is 15.9 Å². The molecule has 0 aliphatic heterocycles. The Morgan fingerprint density at radius 3 is 2.67 bits per heavy atom. The molecule has 1 heterocycles. The molecular formula is C10H6BrF3S. The van der Waals surface area contributed by atoms with Gasteiger partial charge in [0.1, 0.15) is 0 Å². The number of rotatable bonds is 1. The van der Waals surface area contributed by atoms with E-state index in [1.54, 1.807) is 17.5 Å². The highest BCUT2D eigenvalue weighted by molar-refractivity contribution is 9.10. The molecule has 15 heavy (non-hydrogen) atoms. The fourth-order valence-electron chi connectivity index (χ4n) is 1.43. The number of benzene rings is 1. The zero-order chi connectivity index (χ0) is 11.1. The third-order valence-electron chi connectivity index (χ3n) is 2.02. The highest BCUT2D eigenvalue weighted by Gasteiger charge is 2.29. The lowest BCUT2D eigenvalue weighted by Crippen LogP contribution is -2.10. The highest BCUT2D eigenvalue weighted by Crippen LogP contribution is 2.35. The van der Waals surface area contributed by atoms with E-state index in [1.165, 1.54) is 11.3 Å². The topological polar surface area (TPSA) is 0 Å². The standard InChI is InChI=1S/C10H6BrF3S/c11-8-3-1-2-7-6(4-10(12,13)14)5-15-9(7)8/h1-3,5H,4H2. The number of halogens is 4. The quantitative estimate of drug-likeness (QED) is 0.711. The summed E-state index contributed by atoms with van der Waals surface area (Å²) >= 11 is 4.65. The van der Waals surface area contributed by atoms with Gasteiger partial charge in [0, 0.05) is 9.17 Å². The van der Waals surface area contributed by atoms with Gasteiger partial charge in [0.05, 0.1) is 6.42 Å². The Morgan fingerprint density at radius 1 is 1.27 bits per heavy atom. The summed E-state index contributed by atoms with van der Waals surface area (Å²) in [5.74, 6) is 0. The lowest BCUT2D eigenvalue weighted by atomic mass is 10.1. The fraction of sp³-hybridized carbons (Fsp3) is 0.200. The first-order valence-corrected chi connectivity index (χ1v) is 5.86. The Balaban J connectivity index is 2.50. The van der Waals surface area contributed by atoms with Crippen molar-refractivity contribution in [2.24, 2.45) is 0 Å². The first-order valence-electron chi connectivity index (χ1n) is 4.19. The third-order valence-corrected chi connectivity index (χ3v) is 4.02. The summed E-state index contributed by atoms with van der Waals surface area (Å²) in [4.78, 5) is 0. The summed E-state index contributed by atoms with van der Waals surface area (Å²) in [6, 6.07) is 5.30. The SMILES string of the molecule is FC(F)(F)Cc1csc2c(Br)cccc12. The molecule has 0 N–H and O–H groups in total. The van der Waals surface area contributed by atoms with Crippen LogP contribution in [-0.2, 0) is 6.42 Å². The summed E-state index contributed by atoms with van der Waals surface area (Å²) in [5.41, 5.74) is 0.351. The number of fused-ring (bicyclic) bond motifs is 1. The number of hydrogen-bond donors (Lipinski definition) is 0. The zero-order valence-electron chi connectivity index (χ0n) is 7.44. The zero-order valence-corrected chi connectivity index (χ0v) is 9.84. The van der Waals surface area contributed by atoms with E-state index in [4.69, 9.17) is 0 Å². The van der Waals surface area contributed by atoms with E-state index in [0.29, 0.717) is 10.9 Å². The molecule has 0 saturated carbocycles. The van der Waals surface area contributed by atoms with Crippen molar-refractivity contribution in [2.75, 3.05) is 0 Å². The Morgan fingerprint density at radius 2 is 2.00 bits per heavy atom. The largest absolute Gasteiger partial charge is 0.393 e. The Bertz CT molecular complexity index is 487. The molecule has 2 aromatic rings. The minimum Gasteiger partial charge on any atom is -0.171 e. The van der Waals surface area contributed by atoms with E-state index in [1.807, 2.05) is 6.07 Å². The lowest BCUT2D eigenvalue weighted by molar-refractivity contribution is -0.126. The predicted octanol–water partition coefficient (Wildman–Crippen LogP) is 4.77. The van der Waals surface area contributed by atoms with E-state index in [0.717, 1.165) is 9.17 Å². The van der Waals surface area contributed by atoms with Crippen molar-refractivity contribution < 1.29 is 13.2 Å². The average molecular weight is 295 g/mol. The molecule has 0 aliphatic carbocycles. The van der Waals surface area contributed by atoms with E-state index in [9.17, 15) is 13.2 Å². The highest BCUT2D eigenvalue weighted by atomic mass is 79.9. The van der Waals surface area contributed by atoms with Crippen LogP contribution in [-0.4, -0.2) is 6.18 Å². The second kappa shape index (κ2) is 3.79. The minimum atomic E-state index is -4.14. The maximum absolute atomic E-state index is 12.2. The second-order valence-corrected chi connectivity index (χ2v) is 4.90. The molecule has 0 fully saturated rings. The number of thiophene rings is 1. The molecule has 0 unspecified atom stereocenters. The van der Waals surface area contributed by atoms with Crippen LogP contribution in [0.2, 0.25) is 0 Å². The van der Waals surface area contributed by atoms with Crippen LogP contribution >= 0.6 is 27.3 Å². The van der Waals surface area contributed by atoms with Crippen LogP contribution in [0, 0.1) is 0 Å². The Kier molecular flexibility index (Phi) is 2.77. The summed E-state index contributed by atoms with van der Waals surface area (Å²) in [7, 11) is 0. The summed E-state index contributed by atoms with van der Waals surface area (Å²) < 4.78 is 38.4. The normalized spacial score (nSPS) is 12.3. The number of alkyl halides is 3. The minimum absolute atomic E-state index is 0.351. The van der Waals surface area contributed by atoms with Crippen LogP contribution in [0.4, 0.5) is 13.2 Å². The van der Waals surface area contributed by atoms with Crippen molar-refractivity contribution in [3.63, 3.8) is 0 Å². The second-order valence-electron chi connectivity index (χ2n) is 3.17. The van der Waals surface area contributed by atoms with Crippen molar-refractivity contribution in [2.45, 2.75) is 12.6 Å². The molecule has 1 aromatic carbocycles. The Labute approximate surface area is 96.8 Å². The van der Waals surface area contributed by atoms with E-state index in [-0.39, 0.29) is 0 Å². The van der Waals surface area contributed by atoms with Gasteiger partial charge in [-0.15, -0.1) is 11.3 Å².